The monoisotopic (exact) mass is 1110 g/mol. The number of cyclic esters (lactones) is 5. The van der Waals surface area contributed by atoms with Gasteiger partial charge in [-0.1, -0.05) is 125 Å². The van der Waals surface area contributed by atoms with Crippen LogP contribution in [0.15, 0.2) is 0 Å². The zero-order chi connectivity index (χ0) is 60.5. The number of aliphatic hydroxyl groups excluding tert-OH is 1. The number of rotatable bonds is 9. The van der Waals surface area contributed by atoms with Crippen molar-refractivity contribution in [2.45, 2.75) is 225 Å². The molecule has 0 radical (unpaired) electrons. The number of nitrogens with one attached hydrogen (secondary N) is 5. The van der Waals surface area contributed by atoms with Crippen LogP contribution in [0, 0.1) is 59.2 Å². The van der Waals surface area contributed by atoms with Crippen molar-refractivity contribution in [1.29, 1.82) is 0 Å². The summed E-state index contributed by atoms with van der Waals surface area (Å²) in [5, 5.41) is 24.1. The third-order valence-corrected chi connectivity index (χ3v) is 13.2. The van der Waals surface area contributed by atoms with Crippen molar-refractivity contribution >= 4 is 65.2 Å². The molecule has 0 aromatic carbocycles. The van der Waals surface area contributed by atoms with Gasteiger partial charge in [0, 0.05) is 6.42 Å². The molecule has 13 atom stereocenters. The largest absolute Gasteiger partial charge is 0.453 e. The Labute approximate surface area is 460 Å². The molecule has 1 aliphatic heterocycles. The fourth-order valence-electron chi connectivity index (χ4n) is 7.90. The number of carbonyl (C=O) groups is 11. The number of esters is 5. The number of Topliss-reactive ketones (excluding diaryl/α,β-unsaturated/α-hetero) is 1. The van der Waals surface area contributed by atoms with E-state index < -0.39 is 204 Å². The summed E-state index contributed by atoms with van der Waals surface area (Å²) in [5.74, 6) is -16.8. The van der Waals surface area contributed by atoms with E-state index in [-0.39, 0.29) is 0 Å². The molecule has 23 nitrogen and oxygen atoms in total. The van der Waals surface area contributed by atoms with Crippen LogP contribution in [0.4, 0.5) is 0 Å². The maximum atomic E-state index is 14.0. The molecule has 0 aliphatic carbocycles. The molecule has 0 aromatic heterocycles. The van der Waals surface area contributed by atoms with Crippen LogP contribution in [0.2, 0.25) is 0 Å². The lowest BCUT2D eigenvalue weighted by atomic mass is 9.87. The van der Waals surface area contributed by atoms with Crippen LogP contribution >= 0.6 is 0 Å². The van der Waals surface area contributed by atoms with Gasteiger partial charge in [-0.25, -0.2) is 19.2 Å². The molecule has 78 heavy (non-hydrogen) atoms. The van der Waals surface area contributed by atoms with E-state index in [2.05, 4.69) is 26.6 Å². The molecule has 23 heteroatoms. The van der Waals surface area contributed by atoms with Crippen LogP contribution in [0.25, 0.3) is 0 Å². The second kappa shape index (κ2) is 31.8. The Morgan fingerprint density at radius 2 is 0.641 bits per heavy atom. The van der Waals surface area contributed by atoms with Gasteiger partial charge in [0.15, 0.2) is 42.6 Å². The molecule has 1 heterocycles. The molecule has 1 saturated heterocycles. The highest BCUT2D eigenvalue weighted by Gasteiger charge is 2.42. The van der Waals surface area contributed by atoms with Gasteiger partial charge in [0.1, 0.15) is 30.3 Å². The predicted molar refractivity (Wildman–Crippen MR) is 284 cm³/mol. The van der Waals surface area contributed by atoms with Gasteiger partial charge in [-0.2, -0.15) is 0 Å². The number of carbonyl (C=O) groups excluding carboxylic acids is 11. The van der Waals surface area contributed by atoms with E-state index in [1.54, 1.807) is 125 Å². The fraction of sp³-hybridized carbons (Fsp3) is 0.800. The van der Waals surface area contributed by atoms with Crippen molar-refractivity contribution in [2.24, 2.45) is 59.2 Å². The zero-order valence-electron chi connectivity index (χ0n) is 49.8. The maximum absolute atomic E-state index is 14.0. The lowest BCUT2D eigenvalue weighted by molar-refractivity contribution is -0.176. The van der Waals surface area contributed by atoms with Crippen LogP contribution in [0.3, 0.4) is 0 Å². The van der Waals surface area contributed by atoms with E-state index in [0.717, 1.165) is 0 Å². The summed E-state index contributed by atoms with van der Waals surface area (Å²) in [7, 11) is 0. The van der Waals surface area contributed by atoms with E-state index in [0.29, 0.717) is 0 Å². The second-order valence-electron chi connectivity index (χ2n) is 23.4. The number of ketones is 1. The van der Waals surface area contributed by atoms with Crippen molar-refractivity contribution in [3.63, 3.8) is 0 Å². The SMILES string of the molecule is CC1OC(=O)C(C(C)C)CC(=O)C(C(C)C)OC(=O)C(C(C)C)NC(=O)C(C)OC(O)C(C(C)C)NC(=O)C(C(C)C)OC(=O)C(C(C)C)NC(=O)C(C)OC(=O)C(C(C)C)NC(=O)C(C(C)C)OC(=O)C(C(C)C)NC1=O. The highest BCUT2D eigenvalue weighted by molar-refractivity contribution is 5.95. The molecule has 1 aliphatic rings. The van der Waals surface area contributed by atoms with E-state index in [9.17, 15) is 57.8 Å². The average molecular weight is 1110 g/mol. The maximum Gasteiger partial charge on any atom is 0.329 e. The summed E-state index contributed by atoms with van der Waals surface area (Å²) < 4.78 is 33.9. The van der Waals surface area contributed by atoms with Gasteiger partial charge in [-0.15, -0.1) is 0 Å². The molecule has 6 N–H and O–H groups in total. The van der Waals surface area contributed by atoms with E-state index >= 15 is 0 Å². The molecule has 5 amide bonds. The molecule has 0 aromatic rings. The molecule has 1 fully saturated rings. The van der Waals surface area contributed by atoms with Gasteiger partial charge in [0.2, 0.25) is 5.91 Å². The first-order valence-electron chi connectivity index (χ1n) is 27.3. The molecule has 1 rings (SSSR count). The number of amides is 5. The number of ether oxygens (including phenoxy) is 6. The van der Waals surface area contributed by atoms with Crippen LogP contribution in [-0.4, -0.2) is 143 Å². The molecule has 0 bridgehead atoms. The van der Waals surface area contributed by atoms with Crippen LogP contribution in [-0.2, 0) is 81.2 Å². The summed E-state index contributed by atoms with van der Waals surface area (Å²) in [6, 6.07) is -6.67. The Balaban J connectivity index is 3.86. The van der Waals surface area contributed by atoms with Gasteiger partial charge in [-0.3, -0.25) is 33.6 Å². The van der Waals surface area contributed by atoms with Crippen LogP contribution in [0.1, 0.15) is 152 Å². The van der Waals surface area contributed by atoms with Gasteiger partial charge in [-0.05, 0) is 74.0 Å². The van der Waals surface area contributed by atoms with Crippen LogP contribution < -0.4 is 26.6 Å². The summed E-state index contributed by atoms with van der Waals surface area (Å²) in [6.07, 6.45) is -11.2. The van der Waals surface area contributed by atoms with Gasteiger partial charge < -0.3 is 60.1 Å². The molecular formula is C55H93N5O18. The van der Waals surface area contributed by atoms with E-state index in [4.69, 9.17) is 28.4 Å². The second-order valence-corrected chi connectivity index (χ2v) is 23.4. The minimum atomic E-state index is -1.83. The molecule has 446 valence electrons. The van der Waals surface area contributed by atoms with Crippen molar-refractivity contribution in [2.75, 3.05) is 0 Å². The Bertz CT molecular complexity index is 2080. The third kappa shape index (κ3) is 21.2. The minimum Gasteiger partial charge on any atom is -0.453 e. The van der Waals surface area contributed by atoms with Gasteiger partial charge in [0.05, 0.1) is 12.0 Å². The zero-order valence-corrected chi connectivity index (χ0v) is 49.8. The fourth-order valence-corrected chi connectivity index (χ4v) is 7.90. The molecular weight excluding hydrogens is 1020 g/mol. The number of hydrogen-bond donors (Lipinski definition) is 6. The first kappa shape index (κ1) is 70.3. The summed E-state index contributed by atoms with van der Waals surface area (Å²) in [4.78, 5) is 151. The smallest absolute Gasteiger partial charge is 0.329 e. The molecule has 0 spiro atoms. The Morgan fingerprint density at radius 3 is 0.962 bits per heavy atom. The quantitative estimate of drug-likeness (QED) is 0.143. The Hall–Kier alpha value is -5.71. The predicted octanol–water partition coefficient (Wildman–Crippen LogP) is 3.23. The summed E-state index contributed by atoms with van der Waals surface area (Å²) >= 11 is 0. The van der Waals surface area contributed by atoms with Crippen molar-refractivity contribution in [1.82, 2.24) is 26.6 Å². The summed E-state index contributed by atoms with van der Waals surface area (Å²) in [6.45, 7) is 32.8. The highest BCUT2D eigenvalue weighted by Crippen LogP contribution is 2.24. The number of aliphatic hydroxyl groups is 1. The summed E-state index contributed by atoms with van der Waals surface area (Å²) in [5.41, 5.74) is 0. The third-order valence-electron chi connectivity index (χ3n) is 13.2. The normalized spacial score (nSPS) is 30.0. The van der Waals surface area contributed by atoms with Gasteiger partial charge in [0.25, 0.3) is 23.6 Å². The topological polar surface area (TPSA) is 324 Å². The first-order chi connectivity index (χ1) is 35.9. The molecule has 0 saturated carbocycles. The van der Waals surface area contributed by atoms with Crippen molar-refractivity contribution in [3.05, 3.63) is 0 Å². The Kier molecular flexibility index (Phi) is 28.6. The standard InChI is InChI=1S/C55H93N5O18/c1-23(2)35-22-36(61)42(29(13)14)76-53(70)39(26(7)8)56-46(63)33(20)74-51(68)37(24(3)4)59-49(66)44(31(17)18)78-55(72)41(28(11)12)58-47(64)34(21)75-52(69)38(25(5)6)60-48(65)43(30(15)16)77-54(71)40(27(9)10)57-45(62)32(19)73-50(35)67/h23-35,37-44,51,68H,22H2,1-21H3,(H,56,63)(H,57,62)(H,58,64)(H,59,66)(H,60,65). The van der Waals surface area contributed by atoms with Crippen molar-refractivity contribution < 1.29 is 86.3 Å². The molecule has 13 unspecified atom stereocenters. The van der Waals surface area contributed by atoms with E-state index in [1.165, 1.54) is 20.8 Å². The van der Waals surface area contributed by atoms with E-state index in [1.807, 2.05) is 0 Å². The highest BCUT2D eigenvalue weighted by atomic mass is 16.6. The lowest BCUT2D eigenvalue weighted by Gasteiger charge is -2.32. The number of hydrogen-bond acceptors (Lipinski definition) is 18. The minimum absolute atomic E-state index is 0.474. The Morgan fingerprint density at radius 1 is 0.346 bits per heavy atom. The van der Waals surface area contributed by atoms with Gasteiger partial charge >= 0.3 is 29.8 Å². The first-order valence-corrected chi connectivity index (χ1v) is 27.3. The lowest BCUT2D eigenvalue weighted by Crippen LogP contribution is -2.56. The average Bonchev–Trinajstić information content (AvgIpc) is 3.31. The van der Waals surface area contributed by atoms with Crippen molar-refractivity contribution in [3.8, 4) is 0 Å². The van der Waals surface area contributed by atoms with Crippen LogP contribution in [0.5, 0.6) is 0 Å².